The van der Waals surface area contributed by atoms with Crippen molar-refractivity contribution in [2.24, 2.45) is 0 Å². The summed E-state index contributed by atoms with van der Waals surface area (Å²) in [7, 11) is 0. The summed E-state index contributed by atoms with van der Waals surface area (Å²) >= 11 is 7.40. The first-order valence-electron chi connectivity index (χ1n) is 8.00. The number of rotatable bonds is 7. The van der Waals surface area contributed by atoms with Gasteiger partial charge in [0.15, 0.2) is 0 Å². The van der Waals surface area contributed by atoms with Gasteiger partial charge in [-0.3, -0.25) is 9.59 Å². The summed E-state index contributed by atoms with van der Waals surface area (Å²) in [4.78, 5) is 32.4. The molecule has 0 aliphatic carbocycles. The number of aromatic amines is 1. The van der Waals surface area contributed by atoms with Crippen LogP contribution in [0.1, 0.15) is 16.1 Å². The van der Waals surface area contributed by atoms with E-state index in [1.54, 1.807) is 41.9 Å². The van der Waals surface area contributed by atoms with Crippen molar-refractivity contribution >= 4 is 34.8 Å². The zero-order valence-electron chi connectivity index (χ0n) is 13.8. The second-order valence-corrected chi connectivity index (χ2v) is 6.88. The van der Waals surface area contributed by atoms with Gasteiger partial charge in [-0.1, -0.05) is 17.7 Å². The van der Waals surface area contributed by atoms with Gasteiger partial charge in [0.25, 0.3) is 5.91 Å². The van der Waals surface area contributed by atoms with E-state index in [1.165, 1.54) is 0 Å². The molecule has 0 radical (unpaired) electrons. The van der Waals surface area contributed by atoms with Crippen LogP contribution in [0.4, 0.5) is 0 Å². The summed E-state index contributed by atoms with van der Waals surface area (Å²) in [6.07, 6.45) is 2.28. The highest BCUT2D eigenvalue weighted by Crippen LogP contribution is 2.25. The van der Waals surface area contributed by atoms with Crippen LogP contribution in [0.15, 0.2) is 48.1 Å². The topological polar surface area (TPSA) is 86.9 Å². The average molecular weight is 389 g/mol. The number of amides is 2. The average Bonchev–Trinajstić information content (AvgIpc) is 3.31. The summed E-state index contributed by atoms with van der Waals surface area (Å²) < 4.78 is 0. The quantitative estimate of drug-likeness (QED) is 0.581. The molecule has 2 heterocycles. The van der Waals surface area contributed by atoms with E-state index in [9.17, 15) is 9.59 Å². The highest BCUT2D eigenvalue weighted by Gasteiger charge is 2.11. The van der Waals surface area contributed by atoms with Crippen molar-refractivity contribution in [1.29, 1.82) is 0 Å². The van der Waals surface area contributed by atoms with Crippen LogP contribution in [0.25, 0.3) is 10.6 Å². The van der Waals surface area contributed by atoms with E-state index in [0.29, 0.717) is 23.6 Å². The van der Waals surface area contributed by atoms with E-state index < -0.39 is 0 Å². The number of hydrogen-bond donors (Lipinski definition) is 3. The number of nitrogens with zero attached hydrogens (tertiary/aromatic N) is 1. The third kappa shape index (κ3) is 4.71. The van der Waals surface area contributed by atoms with Crippen molar-refractivity contribution in [3.05, 3.63) is 64.4 Å². The summed E-state index contributed by atoms with van der Waals surface area (Å²) in [6, 6.07) is 10.5. The molecule has 3 aromatic rings. The van der Waals surface area contributed by atoms with E-state index in [1.807, 2.05) is 17.5 Å². The van der Waals surface area contributed by atoms with Crippen molar-refractivity contribution < 1.29 is 9.59 Å². The predicted octanol–water partition coefficient (Wildman–Crippen LogP) is 2.88. The highest BCUT2D eigenvalue weighted by atomic mass is 35.5. The maximum Gasteiger partial charge on any atom is 0.251 e. The van der Waals surface area contributed by atoms with Crippen molar-refractivity contribution in [1.82, 2.24) is 20.6 Å². The number of aromatic nitrogens is 2. The number of carbonyl (C=O) groups excluding carboxylic acids is 2. The molecule has 0 bridgehead atoms. The molecular weight excluding hydrogens is 372 g/mol. The fourth-order valence-corrected chi connectivity index (χ4v) is 3.26. The molecule has 0 aliphatic heterocycles. The van der Waals surface area contributed by atoms with Gasteiger partial charge in [0.2, 0.25) is 5.91 Å². The Labute approximate surface area is 159 Å². The monoisotopic (exact) mass is 388 g/mol. The van der Waals surface area contributed by atoms with Gasteiger partial charge in [0.05, 0.1) is 17.7 Å². The lowest BCUT2D eigenvalue weighted by molar-refractivity contribution is -0.120. The van der Waals surface area contributed by atoms with Gasteiger partial charge >= 0.3 is 0 Å². The van der Waals surface area contributed by atoms with Crippen LogP contribution in [0.3, 0.4) is 0 Å². The lowest BCUT2D eigenvalue weighted by Gasteiger charge is -2.07. The molecule has 0 saturated carbocycles. The van der Waals surface area contributed by atoms with Crippen LogP contribution in [0.5, 0.6) is 0 Å². The maximum atomic E-state index is 12.0. The Morgan fingerprint density at radius 2 is 1.96 bits per heavy atom. The maximum absolute atomic E-state index is 12.0. The number of nitrogens with one attached hydrogen (secondary N) is 3. The first-order valence-corrected chi connectivity index (χ1v) is 9.26. The molecule has 0 saturated heterocycles. The molecule has 2 amide bonds. The molecule has 0 aliphatic rings. The molecule has 3 rings (SSSR count). The number of H-pyrrole nitrogens is 1. The van der Waals surface area contributed by atoms with Crippen LogP contribution in [-0.4, -0.2) is 34.9 Å². The van der Waals surface area contributed by atoms with Crippen molar-refractivity contribution in [3.8, 4) is 10.6 Å². The Hall–Kier alpha value is -2.64. The fraction of sp³-hybridized carbons (Fsp3) is 0.167. The Balaban J connectivity index is 1.43. The molecule has 3 N–H and O–H groups in total. The van der Waals surface area contributed by atoms with E-state index in [4.69, 9.17) is 11.6 Å². The Bertz CT molecular complexity index is 875. The van der Waals surface area contributed by atoms with Crippen LogP contribution in [-0.2, 0) is 11.2 Å². The molecule has 2 aromatic heterocycles. The van der Waals surface area contributed by atoms with Crippen LogP contribution < -0.4 is 10.6 Å². The number of halogens is 1. The first-order chi connectivity index (χ1) is 12.6. The summed E-state index contributed by atoms with van der Waals surface area (Å²) in [5, 5.41) is 7.93. The van der Waals surface area contributed by atoms with Crippen LogP contribution in [0.2, 0.25) is 5.02 Å². The molecule has 26 heavy (non-hydrogen) atoms. The highest BCUT2D eigenvalue weighted by molar-refractivity contribution is 7.13. The van der Waals surface area contributed by atoms with E-state index in [2.05, 4.69) is 20.6 Å². The number of hydrogen-bond acceptors (Lipinski definition) is 4. The van der Waals surface area contributed by atoms with E-state index in [0.717, 1.165) is 16.3 Å². The second-order valence-electron chi connectivity index (χ2n) is 5.50. The summed E-state index contributed by atoms with van der Waals surface area (Å²) in [5.74, 6) is -0.560. The molecule has 8 heteroatoms. The standard InChI is InChI=1S/C18H17ClN4O2S/c19-13-5-3-12(4-6-13)18(25)21-10-16(24)20-8-7-14-17(23-11-22-14)15-2-1-9-26-15/h1-6,9,11H,7-8,10H2,(H,20,24)(H,21,25)(H,22,23). The third-order valence-corrected chi connectivity index (χ3v) is 4.81. The minimum Gasteiger partial charge on any atom is -0.354 e. The molecule has 0 fully saturated rings. The SMILES string of the molecule is O=C(CNC(=O)c1ccc(Cl)cc1)NCCc1[nH]cnc1-c1cccs1. The normalized spacial score (nSPS) is 10.5. The van der Waals surface area contributed by atoms with Gasteiger partial charge in [-0.15, -0.1) is 11.3 Å². The number of imidazole rings is 1. The van der Waals surface area contributed by atoms with Crippen LogP contribution in [0, 0.1) is 0 Å². The molecule has 0 unspecified atom stereocenters. The summed E-state index contributed by atoms with van der Waals surface area (Å²) in [5.41, 5.74) is 2.34. The van der Waals surface area contributed by atoms with Gasteiger partial charge in [0, 0.05) is 29.2 Å². The minimum absolute atomic E-state index is 0.0811. The lowest BCUT2D eigenvalue weighted by Crippen LogP contribution is -2.37. The van der Waals surface area contributed by atoms with E-state index in [-0.39, 0.29) is 18.4 Å². The fourth-order valence-electron chi connectivity index (χ4n) is 2.39. The Kier molecular flexibility index (Phi) is 6.04. The van der Waals surface area contributed by atoms with Crippen molar-refractivity contribution in [3.63, 3.8) is 0 Å². The van der Waals surface area contributed by atoms with Gasteiger partial charge < -0.3 is 15.6 Å². The van der Waals surface area contributed by atoms with Gasteiger partial charge in [0.1, 0.15) is 5.69 Å². The van der Waals surface area contributed by atoms with E-state index >= 15 is 0 Å². The van der Waals surface area contributed by atoms with Crippen molar-refractivity contribution in [2.75, 3.05) is 13.1 Å². The predicted molar refractivity (Wildman–Crippen MR) is 102 cm³/mol. The summed E-state index contributed by atoms with van der Waals surface area (Å²) in [6.45, 7) is 0.373. The molecule has 6 nitrogen and oxygen atoms in total. The van der Waals surface area contributed by atoms with Crippen LogP contribution >= 0.6 is 22.9 Å². The van der Waals surface area contributed by atoms with Gasteiger partial charge in [-0.05, 0) is 35.7 Å². The Morgan fingerprint density at radius 1 is 1.15 bits per heavy atom. The lowest BCUT2D eigenvalue weighted by atomic mass is 10.2. The Morgan fingerprint density at radius 3 is 2.69 bits per heavy atom. The minimum atomic E-state index is -0.314. The largest absolute Gasteiger partial charge is 0.354 e. The second kappa shape index (κ2) is 8.64. The number of carbonyl (C=O) groups is 2. The molecule has 134 valence electrons. The molecule has 0 spiro atoms. The van der Waals surface area contributed by atoms with Gasteiger partial charge in [-0.2, -0.15) is 0 Å². The number of thiophene rings is 1. The molecule has 0 atom stereocenters. The van der Waals surface area contributed by atoms with Gasteiger partial charge in [-0.25, -0.2) is 4.98 Å². The smallest absolute Gasteiger partial charge is 0.251 e. The van der Waals surface area contributed by atoms with Crippen molar-refractivity contribution in [2.45, 2.75) is 6.42 Å². The molecule has 1 aromatic carbocycles. The first kappa shape index (κ1) is 18.2. The zero-order chi connectivity index (χ0) is 18.4. The zero-order valence-corrected chi connectivity index (χ0v) is 15.4. The third-order valence-electron chi connectivity index (χ3n) is 3.69. The number of benzene rings is 1. The molecular formula is C18H17ClN4O2S.